The Hall–Kier alpha value is -3.82. The van der Waals surface area contributed by atoms with E-state index in [1.54, 1.807) is 38.1 Å². The van der Waals surface area contributed by atoms with Crippen LogP contribution in [0.15, 0.2) is 82.8 Å². The summed E-state index contributed by atoms with van der Waals surface area (Å²) in [5, 5.41) is 3.12. The van der Waals surface area contributed by atoms with E-state index in [-0.39, 0.29) is 22.2 Å². The van der Waals surface area contributed by atoms with E-state index < -0.39 is 15.9 Å². The first-order valence-electron chi connectivity index (χ1n) is 10.4. The van der Waals surface area contributed by atoms with Gasteiger partial charge in [0.05, 0.1) is 12.8 Å². The first kappa shape index (κ1) is 25.8. The second kappa shape index (κ2) is 11.1. The summed E-state index contributed by atoms with van der Waals surface area (Å²) in [6.07, 6.45) is 2.46. The standard InChI is InChI=1S/C25H25ClN4O4S/c1-16-13-19(26)14-17(2)24(16)30-35(32,33)22-15-20(9-10-21(22)34-3)29-23(31)11-12-28-25(27)18-7-5-4-6-8-18/h4-15,30H,1-3H3,(H2,27,28)(H,29,31)/b12-11+. The van der Waals surface area contributed by atoms with Crippen LogP contribution in [-0.4, -0.2) is 27.3 Å². The van der Waals surface area contributed by atoms with Gasteiger partial charge in [-0.2, -0.15) is 0 Å². The quantitative estimate of drug-likeness (QED) is 0.231. The highest BCUT2D eigenvalue weighted by Crippen LogP contribution is 2.32. The van der Waals surface area contributed by atoms with E-state index in [9.17, 15) is 13.2 Å². The lowest BCUT2D eigenvalue weighted by atomic mass is 10.1. The molecular weight excluding hydrogens is 488 g/mol. The fraction of sp³-hybridized carbons (Fsp3) is 0.120. The van der Waals surface area contributed by atoms with Crippen LogP contribution in [-0.2, 0) is 14.8 Å². The molecule has 1 amide bonds. The summed E-state index contributed by atoms with van der Waals surface area (Å²) in [6.45, 7) is 3.51. The molecule has 0 unspecified atom stereocenters. The monoisotopic (exact) mass is 512 g/mol. The molecule has 4 N–H and O–H groups in total. The maximum Gasteiger partial charge on any atom is 0.265 e. The second-order valence-corrected chi connectivity index (χ2v) is 9.66. The van der Waals surface area contributed by atoms with E-state index in [0.29, 0.717) is 21.8 Å². The molecule has 0 bridgehead atoms. The number of nitrogens with zero attached hydrogens (tertiary/aromatic N) is 1. The van der Waals surface area contributed by atoms with Crippen LogP contribution in [0.4, 0.5) is 11.4 Å². The van der Waals surface area contributed by atoms with Crippen molar-refractivity contribution in [2.45, 2.75) is 18.7 Å². The molecule has 182 valence electrons. The van der Waals surface area contributed by atoms with E-state index in [2.05, 4.69) is 15.0 Å². The van der Waals surface area contributed by atoms with Gasteiger partial charge in [0.2, 0.25) is 5.91 Å². The van der Waals surface area contributed by atoms with Gasteiger partial charge in [-0.15, -0.1) is 0 Å². The molecule has 0 aliphatic heterocycles. The van der Waals surface area contributed by atoms with Crippen molar-refractivity contribution in [1.82, 2.24) is 0 Å². The maximum absolute atomic E-state index is 13.2. The SMILES string of the molecule is COc1ccc(NC(=O)/C=C/N=C(N)c2ccccc2)cc1S(=O)(=O)Nc1c(C)cc(Cl)cc1C. The third kappa shape index (κ3) is 6.62. The average molecular weight is 513 g/mol. The number of nitrogens with one attached hydrogen (secondary N) is 2. The number of aliphatic imine (C=N–C) groups is 1. The van der Waals surface area contributed by atoms with Crippen LogP contribution >= 0.6 is 11.6 Å². The number of methoxy groups -OCH3 is 1. The molecular formula is C25H25ClN4O4S. The van der Waals surface area contributed by atoms with Crippen molar-refractivity contribution >= 4 is 44.7 Å². The maximum atomic E-state index is 13.2. The van der Waals surface area contributed by atoms with Crippen LogP contribution in [0.3, 0.4) is 0 Å². The predicted octanol–water partition coefficient (Wildman–Crippen LogP) is 4.62. The van der Waals surface area contributed by atoms with Gasteiger partial charge in [-0.05, 0) is 55.3 Å². The molecule has 3 aromatic carbocycles. The molecule has 3 aromatic rings. The highest BCUT2D eigenvalue weighted by atomic mass is 35.5. The number of rotatable bonds is 8. The summed E-state index contributed by atoms with van der Waals surface area (Å²) < 4.78 is 34.3. The van der Waals surface area contributed by atoms with E-state index in [0.717, 1.165) is 5.56 Å². The number of anilines is 2. The van der Waals surface area contributed by atoms with Gasteiger partial charge >= 0.3 is 0 Å². The summed E-state index contributed by atoms with van der Waals surface area (Å²) in [5.41, 5.74) is 8.63. The molecule has 0 saturated carbocycles. The van der Waals surface area contributed by atoms with Crippen molar-refractivity contribution in [1.29, 1.82) is 0 Å². The highest BCUT2D eigenvalue weighted by molar-refractivity contribution is 7.92. The van der Waals surface area contributed by atoms with E-state index in [4.69, 9.17) is 22.1 Å². The molecule has 0 atom stereocenters. The smallest absolute Gasteiger partial charge is 0.265 e. The number of amides is 1. The molecule has 0 spiro atoms. The Morgan fingerprint density at radius 3 is 2.34 bits per heavy atom. The first-order valence-corrected chi connectivity index (χ1v) is 12.3. The zero-order chi connectivity index (χ0) is 25.6. The van der Waals surface area contributed by atoms with Crippen LogP contribution in [0, 0.1) is 13.8 Å². The molecule has 0 aliphatic rings. The number of ether oxygens (including phenoxy) is 1. The molecule has 0 heterocycles. The summed E-state index contributed by atoms with van der Waals surface area (Å²) in [7, 11) is -2.69. The number of benzene rings is 3. The van der Waals surface area contributed by atoms with Crippen LogP contribution in [0.2, 0.25) is 5.02 Å². The third-order valence-corrected chi connectivity index (χ3v) is 6.55. The second-order valence-electron chi connectivity index (χ2n) is 7.57. The largest absolute Gasteiger partial charge is 0.495 e. The van der Waals surface area contributed by atoms with E-state index >= 15 is 0 Å². The van der Waals surface area contributed by atoms with Gasteiger partial charge in [0.15, 0.2) is 0 Å². The Morgan fingerprint density at radius 1 is 1.06 bits per heavy atom. The minimum Gasteiger partial charge on any atom is -0.495 e. The van der Waals surface area contributed by atoms with Gasteiger partial charge in [-0.25, -0.2) is 13.4 Å². The molecule has 0 fully saturated rings. The van der Waals surface area contributed by atoms with Crippen LogP contribution in [0.1, 0.15) is 16.7 Å². The molecule has 0 aliphatic carbocycles. The lowest BCUT2D eigenvalue weighted by Gasteiger charge is -2.16. The average Bonchev–Trinajstić information content (AvgIpc) is 2.82. The summed E-state index contributed by atoms with van der Waals surface area (Å²) in [6, 6.07) is 16.7. The third-order valence-electron chi connectivity index (χ3n) is 4.96. The fourth-order valence-electron chi connectivity index (χ4n) is 3.28. The first-order chi connectivity index (χ1) is 16.6. The van der Waals surface area contributed by atoms with Gasteiger partial charge in [-0.1, -0.05) is 41.9 Å². The highest BCUT2D eigenvalue weighted by Gasteiger charge is 2.22. The van der Waals surface area contributed by atoms with Crippen molar-refractivity contribution in [2.24, 2.45) is 10.7 Å². The van der Waals surface area contributed by atoms with Crippen LogP contribution in [0.25, 0.3) is 0 Å². The van der Waals surface area contributed by atoms with E-state index in [1.807, 2.05) is 18.2 Å². The topological polar surface area (TPSA) is 123 Å². The lowest BCUT2D eigenvalue weighted by molar-refractivity contribution is -0.111. The Balaban J connectivity index is 1.81. The van der Waals surface area contributed by atoms with E-state index in [1.165, 1.54) is 37.6 Å². The Labute approximate surface area is 209 Å². The van der Waals surface area contributed by atoms with Gasteiger partial charge in [0.1, 0.15) is 16.5 Å². The molecule has 3 rings (SSSR count). The number of carbonyl (C=O) groups excluding carboxylic acids is 1. The molecule has 0 saturated heterocycles. The zero-order valence-corrected chi connectivity index (χ0v) is 20.9. The minimum atomic E-state index is -4.06. The van der Waals surface area contributed by atoms with Crippen molar-refractivity contribution in [3.63, 3.8) is 0 Å². The predicted molar refractivity (Wildman–Crippen MR) is 140 cm³/mol. The van der Waals surface area contributed by atoms with Gasteiger partial charge in [0, 0.05) is 28.5 Å². The number of hydrogen-bond donors (Lipinski definition) is 3. The van der Waals surface area contributed by atoms with Crippen LogP contribution < -0.4 is 20.5 Å². The summed E-state index contributed by atoms with van der Waals surface area (Å²) in [4.78, 5) is 16.3. The Bertz CT molecular complexity index is 1380. The fourth-order valence-corrected chi connectivity index (χ4v) is 5.00. The van der Waals surface area contributed by atoms with Crippen molar-refractivity contribution in [3.8, 4) is 5.75 Å². The van der Waals surface area contributed by atoms with Gasteiger partial charge < -0.3 is 15.8 Å². The molecule has 8 nitrogen and oxygen atoms in total. The number of aryl methyl sites for hydroxylation is 2. The number of amidine groups is 1. The number of nitrogens with two attached hydrogens (primary N) is 1. The van der Waals surface area contributed by atoms with Crippen molar-refractivity contribution in [2.75, 3.05) is 17.1 Å². The van der Waals surface area contributed by atoms with Gasteiger partial charge in [-0.3, -0.25) is 9.52 Å². The van der Waals surface area contributed by atoms with Gasteiger partial charge in [0.25, 0.3) is 10.0 Å². The molecule has 0 aromatic heterocycles. The minimum absolute atomic E-state index is 0.121. The van der Waals surface area contributed by atoms with Crippen molar-refractivity contribution in [3.05, 3.63) is 94.7 Å². The molecule has 35 heavy (non-hydrogen) atoms. The molecule has 0 radical (unpaired) electrons. The number of carbonyl (C=O) groups is 1. The number of sulfonamides is 1. The zero-order valence-electron chi connectivity index (χ0n) is 19.4. The number of halogens is 1. The van der Waals surface area contributed by atoms with Crippen molar-refractivity contribution < 1.29 is 17.9 Å². The Kier molecular flexibility index (Phi) is 8.16. The summed E-state index contributed by atoms with van der Waals surface area (Å²) >= 11 is 6.05. The summed E-state index contributed by atoms with van der Waals surface area (Å²) in [5.74, 6) is -0.137. The normalized spacial score (nSPS) is 11.9. The lowest BCUT2D eigenvalue weighted by Crippen LogP contribution is -2.16. The molecule has 10 heteroatoms. The van der Waals surface area contributed by atoms with Crippen LogP contribution in [0.5, 0.6) is 5.75 Å². The Morgan fingerprint density at radius 2 is 1.71 bits per heavy atom. The number of hydrogen-bond acceptors (Lipinski definition) is 5.